The van der Waals surface area contributed by atoms with Crippen molar-refractivity contribution in [3.05, 3.63) is 0 Å². The lowest BCUT2D eigenvalue weighted by Gasteiger charge is -2.04. The Labute approximate surface area is 68.6 Å². The van der Waals surface area contributed by atoms with Crippen LogP contribution in [0.4, 0.5) is 0 Å². The lowest BCUT2D eigenvalue weighted by atomic mass is 10.2. The van der Waals surface area contributed by atoms with Gasteiger partial charge < -0.3 is 17.7 Å². The maximum Gasteiger partial charge on any atom is 0.159 e. The Morgan fingerprint density at radius 3 is 1.89 bits per heavy atom. The van der Waals surface area contributed by atoms with E-state index in [1.165, 1.54) is 0 Å². The third-order valence-electron chi connectivity index (χ3n) is 0.932. The first kappa shape index (κ1) is 12.2. The summed E-state index contributed by atoms with van der Waals surface area (Å²) in [5, 5.41) is 2.13. The van der Waals surface area contributed by atoms with Crippen LogP contribution in [-0.4, -0.2) is 12.0 Å². The number of alkyl halides is 1. The quantitative estimate of drug-likeness (QED) is 0.367. The molecule has 0 aromatic carbocycles. The van der Waals surface area contributed by atoms with E-state index in [0.717, 1.165) is 12.5 Å². The van der Waals surface area contributed by atoms with Crippen molar-refractivity contribution < 1.29 is 17.7 Å². The first-order chi connectivity index (χ1) is 3.63. The van der Waals surface area contributed by atoms with Crippen LogP contribution < -0.4 is 17.7 Å². The summed E-state index contributed by atoms with van der Waals surface area (Å²) in [7, 11) is 0. The number of hydrogen-bond acceptors (Lipinski definition) is 0. The molecule has 0 fully saturated rings. The Morgan fingerprint density at radius 1 is 1.33 bits per heavy atom. The average molecular weight is 172 g/mol. The monoisotopic (exact) mass is 171 g/mol. The van der Waals surface area contributed by atoms with E-state index in [9.17, 15) is 0 Å². The van der Waals surface area contributed by atoms with Crippen molar-refractivity contribution in [2.75, 3.05) is 6.54 Å². The summed E-state index contributed by atoms with van der Waals surface area (Å²) in [6.45, 7) is 7.50. The standard InChI is InChI=1S/C6H14ClN.ClH/c1-5(2)4-8-6(3)7;/h5-6,8H,4H2,1-3H3;1H. The number of halogens is 2. The van der Waals surface area contributed by atoms with E-state index in [2.05, 4.69) is 19.2 Å². The molecule has 0 heterocycles. The predicted molar refractivity (Wildman–Crippen MR) is 36.9 cm³/mol. The second-order valence-electron chi connectivity index (χ2n) is 2.54. The summed E-state index contributed by atoms with van der Waals surface area (Å²) in [5.41, 5.74) is 0.234. The third kappa shape index (κ3) is 11.9. The largest absolute Gasteiger partial charge is 1.00 e. The van der Waals surface area contributed by atoms with Crippen molar-refractivity contribution in [2.24, 2.45) is 5.92 Å². The molecule has 0 saturated carbocycles. The fourth-order valence-corrected chi connectivity index (χ4v) is 0.563. The molecular formula is C6H15Cl2N. The Balaban J connectivity index is 0. The van der Waals surface area contributed by atoms with Gasteiger partial charge in [-0.3, -0.25) is 0 Å². The smallest absolute Gasteiger partial charge is 0.159 e. The zero-order valence-electron chi connectivity index (χ0n) is 6.20. The SMILES string of the molecule is CC(C)C[NH2+]C(C)Cl.[Cl-]. The summed E-state index contributed by atoms with van der Waals surface area (Å²) < 4.78 is 0. The van der Waals surface area contributed by atoms with E-state index < -0.39 is 0 Å². The Bertz CT molecular complexity index is 47.0. The van der Waals surface area contributed by atoms with E-state index in [-0.39, 0.29) is 17.9 Å². The zero-order chi connectivity index (χ0) is 6.57. The summed E-state index contributed by atoms with van der Waals surface area (Å²) in [5.74, 6) is 0.746. The molecule has 0 saturated heterocycles. The summed E-state index contributed by atoms with van der Waals surface area (Å²) in [6.07, 6.45) is 0. The molecule has 0 spiro atoms. The molecule has 0 radical (unpaired) electrons. The second-order valence-corrected chi connectivity index (χ2v) is 3.23. The number of nitrogens with two attached hydrogens (primary N) is 1. The molecule has 1 atom stereocenters. The molecule has 0 rings (SSSR count). The molecule has 0 aliphatic carbocycles. The molecule has 9 heavy (non-hydrogen) atoms. The fourth-order valence-electron chi connectivity index (χ4n) is 0.460. The van der Waals surface area contributed by atoms with Gasteiger partial charge in [0, 0.05) is 12.8 Å². The van der Waals surface area contributed by atoms with E-state index in [0.29, 0.717) is 0 Å². The number of rotatable bonds is 3. The zero-order valence-corrected chi connectivity index (χ0v) is 7.71. The number of quaternary nitrogens is 1. The molecule has 0 aromatic heterocycles. The second kappa shape index (κ2) is 6.66. The van der Waals surface area contributed by atoms with E-state index in [1.54, 1.807) is 0 Å². The molecule has 0 amide bonds. The highest BCUT2D eigenvalue weighted by atomic mass is 35.5. The molecule has 3 heteroatoms. The lowest BCUT2D eigenvalue weighted by molar-refractivity contribution is -0.671. The van der Waals surface area contributed by atoms with Gasteiger partial charge in [0.2, 0.25) is 0 Å². The van der Waals surface area contributed by atoms with Gasteiger partial charge in [0.1, 0.15) is 0 Å². The van der Waals surface area contributed by atoms with Crippen LogP contribution in [0.5, 0.6) is 0 Å². The molecule has 2 N–H and O–H groups in total. The highest BCUT2D eigenvalue weighted by Crippen LogP contribution is 1.84. The summed E-state index contributed by atoms with van der Waals surface area (Å²) in [4.78, 5) is 0. The van der Waals surface area contributed by atoms with Crippen LogP contribution in [0, 0.1) is 5.92 Å². The van der Waals surface area contributed by atoms with Crippen LogP contribution in [-0.2, 0) is 0 Å². The Hall–Kier alpha value is 0.540. The van der Waals surface area contributed by atoms with Crippen LogP contribution in [0.2, 0.25) is 0 Å². The van der Waals surface area contributed by atoms with Gasteiger partial charge in [0.05, 0.1) is 6.54 Å². The topological polar surface area (TPSA) is 16.6 Å². The fraction of sp³-hybridized carbons (Fsp3) is 1.00. The third-order valence-corrected chi connectivity index (χ3v) is 1.11. The molecule has 0 aromatic rings. The maximum absolute atomic E-state index is 5.67. The van der Waals surface area contributed by atoms with Crippen molar-refractivity contribution in [3.8, 4) is 0 Å². The number of hydrogen-bond donors (Lipinski definition) is 1. The molecule has 0 aliphatic rings. The van der Waals surface area contributed by atoms with Gasteiger partial charge in [-0.2, -0.15) is 0 Å². The average Bonchev–Trinajstić information content (AvgIpc) is 1.61. The van der Waals surface area contributed by atoms with Crippen molar-refractivity contribution in [1.29, 1.82) is 0 Å². The molecule has 0 aliphatic heterocycles. The van der Waals surface area contributed by atoms with E-state index >= 15 is 0 Å². The van der Waals surface area contributed by atoms with Gasteiger partial charge in [0.15, 0.2) is 5.50 Å². The van der Waals surface area contributed by atoms with Gasteiger partial charge in [-0.25, -0.2) is 0 Å². The van der Waals surface area contributed by atoms with Gasteiger partial charge in [-0.1, -0.05) is 25.4 Å². The van der Waals surface area contributed by atoms with Gasteiger partial charge in [0.25, 0.3) is 0 Å². The van der Waals surface area contributed by atoms with Crippen molar-refractivity contribution >= 4 is 11.6 Å². The van der Waals surface area contributed by atoms with E-state index in [1.807, 2.05) is 6.92 Å². The highest BCUT2D eigenvalue weighted by molar-refractivity contribution is 6.19. The summed E-state index contributed by atoms with van der Waals surface area (Å²) >= 11 is 5.67. The van der Waals surface area contributed by atoms with Crippen LogP contribution >= 0.6 is 11.6 Å². The minimum atomic E-state index is 0. The van der Waals surface area contributed by atoms with Crippen LogP contribution in [0.3, 0.4) is 0 Å². The predicted octanol–water partition coefficient (Wildman–Crippen LogP) is -2.21. The molecule has 1 unspecified atom stereocenters. The maximum atomic E-state index is 5.67. The van der Waals surface area contributed by atoms with E-state index in [4.69, 9.17) is 11.6 Å². The molecular weight excluding hydrogens is 157 g/mol. The van der Waals surface area contributed by atoms with Gasteiger partial charge in [-0.05, 0) is 0 Å². The minimum absolute atomic E-state index is 0. The lowest BCUT2D eigenvalue weighted by Crippen LogP contribution is -3.00. The Morgan fingerprint density at radius 2 is 1.78 bits per heavy atom. The van der Waals surface area contributed by atoms with Crippen LogP contribution in [0.25, 0.3) is 0 Å². The van der Waals surface area contributed by atoms with Gasteiger partial charge in [-0.15, -0.1) is 0 Å². The highest BCUT2D eigenvalue weighted by Gasteiger charge is 1.99. The van der Waals surface area contributed by atoms with Crippen molar-refractivity contribution in [3.63, 3.8) is 0 Å². The normalized spacial score (nSPS) is 13.0. The molecule has 58 valence electrons. The van der Waals surface area contributed by atoms with Crippen molar-refractivity contribution in [1.82, 2.24) is 0 Å². The van der Waals surface area contributed by atoms with Crippen LogP contribution in [0.15, 0.2) is 0 Å². The van der Waals surface area contributed by atoms with Gasteiger partial charge >= 0.3 is 0 Å². The minimum Gasteiger partial charge on any atom is -1.00 e. The van der Waals surface area contributed by atoms with Crippen molar-refractivity contribution in [2.45, 2.75) is 26.3 Å². The summed E-state index contributed by atoms with van der Waals surface area (Å²) in [6, 6.07) is 0. The molecule has 0 bridgehead atoms. The first-order valence-corrected chi connectivity index (χ1v) is 3.54. The Kier molecular flexibility index (Phi) is 9.05. The first-order valence-electron chi connectivity index (χ1n) is 3.10. The van der Waals surface area contributed by atoms with Crippen LogP contribution in [0.1, 0.15) is 20.8 Å². The molecule has 1 nitrogen and oxygen atoms in total.